The molecule has 0 spiro atoms. The lowest BCUT2D eigenvalue weighted by Gasteiger charge is -2.15. The normalized spacial score (nSPS) is 19.2. The molecule has 5 rings (SSSR count). The van der Waals surface area contributed by atoms with Gasteiger partial charge in [0.2, 0.25) is 0 Å². The Balaban J connectivity index is 1.27. The predicted molar refractivity (Wildman–Crippen MR) is 118 cm³/mol. The average molecular weight is 440 g/mol. The Morgan fingerprint density at radius 3 is 2.69 bits per heavy atom. The second-order valence-electron chi connectivity index (χ2n) is 8.54. The number of aromatic nitrogens is 4. The van der Waals surface area contributed by atoms with Gasteiger partial charge in [0.15, 0.2) is 0 Å². The van der Waals surface area contributed by atoms with Gasteiger partial charge in [-0.1, -0.05) is 12.1 Å². The van der Waals surface area contributed by atoms with E-state index >= 15 is 0 Å². The minimum absolute atomic E-state index is 0.380. The first-order chi connectivity index (χ1) is 15.3. The van der Waals surface area contributed by atoms with Crippen molar-refractivity contribution in [3.8, 4) is 0 Å². The number of nitrogens with zero attached hydrogens (tertiary/aromatic N) is 4. The Hall–Kier alpha value is -3.36. The maximum absolute atomic E-state index is 13.1. The molecular formula is C23H23F3N6. The van der Waals surface area contributed by atoms with Crippen LogP contribution in [-0.2, 0) is 12.6 Å². The molecule has 0 aliphatic heterocycles. The van der Waals surface area contributed by atoms with Crippen LogP contribution in [0.3, 0.4) is 0 Å². The fraction of sp³-hybridized carbons (Fsp3) is 0.348. The zero-order valence-electron chi connectivity index (χ0n) is 17.3. The molecule has 4 aromatic rings. The van der Waals surface area contributed by atoms with Crippen molar-refractivity contribution < 1.29 is 13.2 Å². The first kappa shape index (κ1) is 20.5. The number of nitrogen functional groups attached to an aromatic ring is 2. The molecule has 0 saturated heterocycles. The first-order valence-corrected chi connectivity index (χ1v) is 10.6. The van der Waals surface area contributed by atoms with Crippen molar-refractivity contribution in [2.75, 3.05) is 11.5 Å². The molecule has 3 aromatic heterocycles. The predicted octanol–water partition coefficient (Wildman–Crippen LogP) is 5.14. The highest BCUT2D eigenvalue weighted by atomic mass is 19.4. The number of nitrogens with two attached hydrogens (primary N) is 2. The third-order valence-corrected chi connectivity index (χ3v) is 6.51. The van der Waals surface area contributed by atoms with Gasteiger partial charge in [0.25, 0.3) is 0 Å². The maximum Gasteiger partial charge on any atom is 0.419 e. The number of pyridine rings is 1. The van der Waals surface area contributed by atoms with Crippen LogP contribution in [0, 0.1) is 5.92 Å². The standard InChI is InChI=1S/C23H23F3N6/c24-23(25,26)18-11-15-5-3-14(10-19(15)31-21(18)28)2-1-13-4-6-16(9-13)32-8-7-17-20(27)29-12-30-22(17)32/h3,5,7-8,10-13,16H,1-2,4,6,9H2,(H2,28,31)(H2,27,29,30)/t13-,16+/m1/s1. The average Bonchev–Trinajstić information content (AvgIpc) is 3.38. The highest BCUT2D eigenvalue weighted by Crippen LogP contribution is 2.39. The van der Waals surface area contributed by atoms with Crippen LogP contribution in [0.4, 0.5) is 24.8 Å². The fourth-order valence-corrected chi connectivity index (χ4v) is 4.83. The van der Waals surface area contributed by atoms with E-state index in [9.17, 15) is 13.2 Å². The number of rotatable bonds is 4. The van der Waals surface area contributed by atoms with Crippen molar-refractivity contribution in [1.82, 2.24) is 19.5 Å². The molecule has 6 nitrogen and oxygen atoms in total. The number of benzene rings is 1. The zero-order chi connectivity index (χ0) is 22.5. The fourth-order valence-electron chi connectivity index (χ4n) is 4.83. The molecular weight excluding hydrogens is 417 g/mol. The van der Waals surface area contributed by atoms with E-state index in [0.717, 1.165) is 54.8 Å². The number of hydrogen-bond donors (Lipinski definition) is 2. The summed E-state index contributed by atoms with van der Waals surface area (Å²) in [5.41, 5.74) is 13.0. The van der Waals surface area contributed by atoms with Crippen LogP contribution < -0.4 is 11.5 Å². The molecule has 1 aromatic carbocycles. The van der Waals surface area contributed by atoms with Crippen LogP contribution in [0.2, 0.25) is 0 Å². The summed E-state index contributed by atoms with van der Waals surface area (Å²) in [5.74, 6) is 0.582. The highest BCUT2D eigenvalue weighted by Gasteiger charge is 2.34. The molecule has 4 N–H and O–H groups in total. The molecule has 1 aliphatic carbocycles. The van der Waals surface area contributed by atoms with E-state index in [1.807, 2.05) is 24.4 Å². The Morgan fingerprint density at radius 1 is 1.03 bits per heavy atom. The quantitative estimate of drug-likeness (QED) is 0.458. The monoisotopic (exact) mass is 440 g/mol. The second kappa shape index (κ2) is 7.65. The van der Waals surface area contributed by atoms with E-state index in [0.29, 0.717) is 28.7 Å². The molecule has 1 saturated carbocycles. The SMILES string of the molecule is Nc1nc2cc(CC[C@@H]3CC[C@H](n4ccc5c(N)ncnc54)C3)ccc2cc1C(F)(F)F. The van der Waals surface area contributed by atoms with E-state index in [2.05, 4.69) is 19.5 Å². The van der Waals surface area contributed by atoms with Gasteiger partial charge < -0.3 is 16.0 Å². The number of halogens is 3. The summed E-state index contributed by atoms with van der Waals surface area (Å²) in [6, 6.07) is 8.84. The smallest absolute Gasteiger partial charge is 0.383 e. The number of hydrogen-bond acceptors (Lipinski definition) is 5. The number of alkyl halides is 3. The van der Waals surface area contributed by atoms with Gasteiger partial charge in [0.1, 0.15) is 23.6 Å². The summed E-state index contributed by atoms with van der Waals surface area (Å²) in [6.45, 7) is 0. The van der Waals surface area contributed by atoms with E-state index < -0.39 is 17.6 Å². The summed E-state index contributed by atoms with van der Waals surface area (Å²) in [5, 5.41) is 1.32. The molecule has 2 atom stereocenters. The molecule has 0 unspecified atom stereocenters. The minimum Gasteiger partial charge on any atom is -0.383 e. The molecule has 0 bridgehead atoms. The van der Waals surface area contributed by atoms with Gasteiger partial charge >= 0.3 is 6.18 Å². The Morgan fingerprint density at radius 2 is 1.88 bits per heavy atom. The summed E-state index contributed by atoms with van der Waals surface area (Å²) >= 11 is 0. The van der Waals surface area contributed by atoms with Gasteiger partial charge in [0.05, 0.1) is 16.5 Å². The molecule has 3 heterocycles. The van der Waals surface area contributed by atoms with Crippen LogP contribution in [-0.4, -0.2) is 19.5 Å². The van der Waals surface area contributed by atoms with Gasteiger partial charge in [-0.2, -0.15) is 13.2 Å². The third-order valence-electron chi connectivity index (χ3n) is 6.51. The topological polar surface area (TPSA) is 95.6 Å². The van der Waals surface area contributed by atoms with Gasteiger partial charge in [-0.15, -0.1) is 0 Å². The van der Waals surface area contributed by atoms with Crippen LogP contribution in [0.25, 0.3) is 21.9 Å². The van der Waals surface area contributed by atoms with Crippen molar-refractivity contribution >= 4 is 33.6 Å². The van der Waals surface area contributed by atoms with Crippen LogP contribution >= 0.6 is 0 Å². The molecule has 166 valence electrons. The minimum atomic E-state index is -4.51. The lowest BCUT2D eigenvalue weighted by atomic mass is 9.97. The van der Waals surface area contributed by atoms with Crippen molar-refractivity contribution in [1.29, 1.82) is 0 Å². The van der Waals surface area contributed by atoms with Crippen molar-refractivity contribution in [2.45, 2.75) is 44.3 Å². The Kier molecular flexibility index (Phi) is 4.91. The summed E-state index contributed by atoms with van der Waals surface area (Å²) in [4.78, 5) is 12.5. The second-order valence-corrected chi connectivity index (χ2v) is 8.54. The van der Waals surface area contributed by atoms with Gasteiger partial charge in [-0.25, -0.2) is 15.0 Å². The van der Waals surface area contributed by atoms with Crippen molar-refractivity contribution in [3.63, 3.8) is 0 Å². The summed E-state index contributed by atoms with van der Waals surface area (Å²) in [6.07, 6.45) is 4.14. The Labute approximate surface area is 182 Å². The third kappa shape index (κ3) is 3.72. The number of fused-ring (bicyclic) bond motifs is 2. The summed E-state index contributed by atoms with van der Waals surface area (Å²) < 4.78 is 41.4. The van der Waals surface area contributed by atoms with E-state index in [-0.39, 0.29) is 0 Å². The van der Waals surface area contributed by atoms with Crippen molar-refractivity contribution in [3.05, 3.63) is 54.0 Å². The van der Waals surface area contributed by atoms with E-state index in [1.165, 1.54) is 6.33 Å². The Bertz CT molecular complexity index is 1300. The van der Waals surface area contributed by atoms with Gasteiger partial charge in [0, 0.05) is 17.6 Å². The molecule has 1 aliphatic rings. The number of anilines is 2. The zero-order valence-corrected chi connectivity index (χ0v) is 17.3. The molecule has 0 radical (unpaired) electrons. The largest absolute Gasteiger partial charge is 0.419 e. The lowest BCUT2D eigenvalue weighted by Crippen LogP contribution is -2.10. The maximum atomic E-state index is 13.1. The highest BCUT2D eigenvalue weighted by molar-refractivity contribution is 5.86. The van der Waals surface area contributed by atoms with Gasteiger partial charge in [-0.05, 0) is 61.8 Å². The van der Waals surface area contributed by atoms with Crippen LogP contribution in [0.15, 0.2) is 42.9 Å². The first-order valence-electron chi connectivity index (χ1n) is 10.6. The number of aryl methyl sites for hydroxylation is 1. The van der Waals surface area contributed by atoms with Crippen molar-refractivity contribution in [2.24, 2.45) is 5.92 Å². The van der Waals surface area contributed by atoms with Crippen LogP contribution in [0.5, 0.6) is 0 Å². The molecule has 0 amide bonds. The lowest BCUT2D eigenvalue weighted by molar-refractivity contribution is -0.137. The van der Waals surface area contributed by atoms with Crippen LogP contribution in [0.1, 0.15) is 42.9 Å². The molecule has 1 fully saturated rings. The summed E-state index contributed by atoms with van der Waals surface area (Å²) in [7, 11) is 0. The molecule has 32 heavy (non-hydrogen) atoms. The molecule has 9 heteroatoms. The van der Waals surface area contributed by atoms with Gasteiger partial charge in [-0.3, -0.25) is 0 Å². The van der Waals surface area contributed by atoms with E-state index in [1.54, 1.807) is 6.07 Å². The van der Waals surface area contributed by atoms with E-state index in [4.69, 9.17) is 11.5 Å².